The Morgan fingerprint density at radius 2 is 1.47 bits per heavy atom. The summed E-state index contributed by atoms with van der Waals surface area (Å²) in [5, 5.41) is 12.3. The first-order chi connectivity index (χ1) is 26.7. The van der Waals surface area contributed by atoms with Gasteiger partial charge in [-0.15, -0.1) is 0 Å². The van der Waals surface area contributed by atoms with Crippen molar-refractivity contribution in [2.45, 2.75) is 58.8 Å². The van der Waals surface area contributed by atoms with Gasteiger partial charge in [-0.1, -0.05) is 51.1 Å². The zero-order valence-electron chi connectivity index (χ0n) is 31.6. The van der Waals surface area contributed by atoms with Crippen molar-refractivity contribution in [1.82, 2.24) is 25.0 Å². The van der Waals surface area contributed by atoms with Crippen molar-refractivity contribution in [3.05, 3.63) is 95.8 Å². The molecule has 308 valence electrons. The summed E-state index contributed by atoms with van der Waals surface area (Å²) in [7, 11) is 0. The van der Waals surface area contributed by atoms with E-state index >= 15 is 4.39 Å². The lowest BCUT2D eigenvalue weighted by Crippen LogP contribution is -2.44. The van der Waals surface area contributed by atoms with E-state index in [4.69, 9.17) is 15.6 Å². The minimum Gasteiger partial charge on any atom is -0.475 e. The van der Waals surface area contributed by atoms with Crippen LogP contribution in [0.5, 0.6) is 0 Å². The van der Waals surface area contributed by atoms with Crippen LogP contribution in [-0.2, 0) is 35.3 Å². The second-order valence-electron chi connectivity index (χ2n) is 14.0. The van der Waals surface area contributed by atoms with Gasteiger partial charge in [-0.25, -0.2) is 13.6 Å². The lowest BCUT2D eigenvalue weighted by molar-refractivity contribution is -0.192. The molecule has 5 amide bonds. The maximum absolute atomic E-state index is 15.0. The van der Waals surface area contributed by atoms with Crippen LogP contribution in [0.1, 0.15) is 57.3 Å². The van der Waals surface area contributed by atoms with Crippen LogP contribution in [-0.4, -0.2) is 93.9 Å². The number of imide groups is 1. The van der Waals surface area contributed by atoms with Crippen molar-refractivity contribution < 1.29 is 55.8 Å². The SMILES string of the molecule is CC(C)(C)C(c1cc(-c2cc(F)ccc2F)cn1Cc1ccccc1)N(CCCN)C(=O)CCC(=O)NCCNC(=O)CN1C(=O)C=CC1=O.O=C(O)C(F)(F)F. The van der Waals surface area contributed by atoms with Gasteiger partial charge in [0.15, 0.2) is 0 Å². The fourth-order valence-electron chi connectivity index (χ4n) is 5.91. The number of carbonyl (C=O) groups is 6. The molecule has 1 aliphatic rings. The number of amides is 5. The fourth-order valence-corrected chi connectivity index (χ4v) is 5.91. The topological polar surface area (TPSA) is 184 Å². The number of carbonyl (C=O) groups excluding carboxylic acids is 5. The number of carboxylic acids is 1. The number of nitrogens with one attached hydrogen (secondary N) is 2. The highest BCUT2D eigenvalue weighted by atomic mass is 19.4. The smallest absolute Gasteiger partial charge is 0.475 e. The first-order valence-electron chi connectivity index (χ1n) is 17.8. The quantitative estimate of drug-likeness (QED) is 0.0938. The number of halogens is 5. The molecule has 5 N–H and O–H groups in total. The predicted molar refractivity (Wildman–Crippen MR) is 198 cm³/mol. The van der Waals surface area contributed by atoms with Crippen LogP contribution in [0.25, 0.3) is 11.1 Å². The summed E-state index contributed by atoms with van der Waals surface area (Å²) in [5.41, 5.74) is 7.62. The van der Waals surface area contributed by atoms with E-state index in [1.165, 1.54) is 0 Å². The predicted octanol–water partition coefficient (Wildman–Crippen LogP) is 4.32. The summed E-state index contributed by atoms with van der Waals surface area (Å²) in [6.07, 6.45) is -0.853. The second-order valence-corrected chi connectivity index (χ2v) is 14.0. The summed E-state index contributed by atoms with van der Waals surface area (Å²) < 4.78 is 63.0. The zero-order chi connectivity index (χ0) is 42.5. The highest BCUT2D eigenvalue weighted by Gasteiger charge is 2.39. The summed E-state index contributed by atoms with van der Waals surface area (Å²) in [6.45, 7) is 6.75. The van der Waals surface area contributed by atoms with Crippen LogP contribution in [0.2, 0.25) is 0 Å². The van der Waals surface area contributed by atoms with E-state index in [1.54, 1.807) is 17.2 Å². The van der Waals surface area contributed by atoms with E-state index in [1.807, 2.05) is 55.7 Å². The van der Waals surface area contributed by atoms with Crippen LogP contribution in [0.3, 0.4) is 0 Å². The molecule has 2 aromatic carbocycles. The largest absolute Gasteiger partial charge is 0.490 e. The normalized spacial score (nSPS) is 13.2. The maximum atomic E-state index is 15.0. The minimum atomic E-state index is -5.08. The summed E-state index contributed by atoms with van der Waals surface area (Å²) in [4.78, 5) is 73.5. The number of alkyl halides is 3. The van der Waals surface area contributed by atoms with E-state index in [0.717, 1.165) is 46.5 Å². The van der Waals surface area contributed by atoms with E-state index in [9.17, 15) is 41.5 Å². The van der Waals surface area contributed by atoms with Crippen molar-refractivity contribution in [3.63, 3.8) is 0 Å². The number of aromatic nitrogens is 1. The van der Waals surface area contributed by atoms with Gasteiger partial charge in [-0.05, 0) is 48.2 Å². The van der Waals surface area contributed by atoms with Crippen LogP contribution in [0.4, 0.5) is 22.0 Å². The third-order valence-electron chi connectivity index (χ3n) is 8.48. The molecule has 18 heteroatoms. The highest BCUT2D eigenvalue weighted by Crippen LogP contribution is 2.41. The van der Waals surface area contributed by atoms with Crippen molar-refractivity contribution in [3.8, 4) is 11.1 Å². The van der Waals surface area contributed by atoms with Crippen LogP contribution < -0.4 is 16.4 Å². The average Bonchev–Trinajstić information content (AvgIpc) is 3.69. The molecule has 0 radical (unpaired) electrons. The number of hydrogen-bond donors (Lipinski definition) is 4. The van der Waals surface area contributed by atoms with E-state index in [-0.39, 0.29) is 37.4 Å². The van der Waals surface area contributed by atoms with Gasteiger partial charge in [0.05, 0.1) is 6.04 Å². The number of carboxylic acid groups (broad SMARTS) is 1. The van der Waals surface area contributed by atoms with Gasteiger partial charge >= 0.3 is 12.1 Å². The standard InChI is InChI=1S/C37H44F2N6O5.C2HF3O2/c1-37(2,3)36(30-20-26(28-21-27(38)10-11-29(28)39)23-43(30)22-25-8-5-4-6-9-25)44(19-7-16-40)33(48)13-12-31(46)41-17-18-42-32(47)24-45-34(49)14-15-35(45)50;3-2(4,5)1(6)7/h4-6,8-11,14-15,20-21,23,36H,7,12-13,16-19,22,24,40H2,1-3H3,(H,41,46)(H,42,47);(H,6,7). The molecule has 1 atom stereocenters. The Labute approximate surface area is 325 Å². The lowest BCUT2D eigenvalue weighted by Gasteiger charge is -2.41. The van der Waals surface area contributed by atoms with Crippen LogP contribution in [0.15, 0.2) is 72.9 Å². The highest BCUT2D eigenvalue weighted by molar-refractivity contribution is 6.14. The molecule has 0 saturated carbocycles. The van der Waals surface area contributed by atoms with Crippen molar-refractivity contribution >= 4 is 35.5 Å². The van der Waals surface area contributed by atoms with Crippen molar-refractivity contribution in [1.29, 1.82) is 0 Å². The van der Waals surface area contributed by atoms with E-state index in [2.05, 4.69) is 10.6 Å². The Hall–Kier alpha value is -5.91. The first kappa shape index (κ1) is 45.5. The summed E-state index contributed by atoms with van der Waals surface area (Å²) in [6, 6.07) is 14.3. The van der Waals surface area contributed by atoms with Gasteiger partial charge in [0, 0.05) is 74.2 Å². The van der Waals surface area contributed by atoms with E-state index in [0.29, 0.717) is 31.6 Å². The molecule has 13 nitrogen and oxygen atoms in total. The molecule has 1 unspecified atom stereocenters. The Kier molecular flexibility index (Phi) is 16.2. The van der Waals surface area contributed by atoms with Gasteiger partial charge < -0.3 is 30.9 Å². The van der Waals surface area contributed by atoms with Crippen LogP contribution >= 0.6 is 0 Å². The number of aliphatic carboxylic acids is 1. The Balaban J connectivity index is 0.00000113. The molecule has 1 aromatic heterocycles. The third kappa shape index (κ3) is 13.7. The van der Waals surface area contributed by atoms with Crippen LogP contribution in [0, 0.1) is 17.0 Å². The molecule has 0 saturated heterocycles. The molecular formula is C39H45F5N6O7. The number of hydrogen-bond acceptors (Lipinski definition) is 7. The monoisotopic (exact) mass is 804 g/mol. The van der Waals surface area contributed by atoms with Gasteiger partial charge in [0.1, 0.15) is 18.2 Å². The molecule has 4 rings (SSSR count). The fraction of sp³-hybridized carbons (Fsp3) is 0.385. The van der Waals surface area contributed by atoms with Gasteiger partial charge in [0.2, 0.25) is 17.7 Å². The summed E-state index contributed by atoms with van der Waals surface area (Å²) >= 11 is 0. The zero-order valence-corrected chi connectivity index (χ0v) is 31.6. The van der Waals surface area contributed by atoms with Crippen molar-refractivity contribution in [2.24, 2.45) is 11.1 Å². The molecule has 0 aliphatic carbocycles. The minimum absolute atomic E-state index is 0.0591. The molecule has 3 aromatic rings. The molecular weight excluding hydrogens is 759 g/mol. The third-order valence-corrected chi connectivity index (χ3v) is 8.48. The van der Waals surface area contributed by atoms with E-state index < -0.39 is 65.4 Å². The Morgan fingerprint density at radius 1 is 0.877 bits per heavy atom. The molecule has 57 heavy (non-hydrogen) atoms. The average molecular weight is 805 g/mol. The molecule has 1 aliphatic heterocycles. The van der Waals surface area contributed by atoms with Crippen molar-refractivity contribution in [2.75, 3.05) is 32.7 Å². The number of benzene rings is 2. The van der Waals surface area contributed by atoms with Gasteiger partial charge in [0.25, 0.3) is 11.8 Å². The molecule has 2 heterocycles. The molecule has 0 fully saturated rings. The Bertz CT molecular complexity index is 1920. The van der Waals surface area contributed by atoms with Gasteiger partial charge in [-0.2, -0.15) is 13.2 Å². The van der Waals surface area contributed by atoms with Gasteiger partial charge in [-0.3, -0.25) is 28.9 Å². The number of nitrogens with two attached hydrogens (primary N) is 1. The summed E-state index contributed by atoms with van der Waals surface area (Å²) in [5.74, 6) is -6.26. The lowest BCUT2D eigenvalue weighted by atomic mass is 9.82. The number of rotatable bonds is 16. The first-order valence-corrected chi connectivity index (χ1v) is 17.8. The number of nitrogens with zero attached hydrogens (tertiary/aromatic N) is 3. The molecule has 0 spiro atoms. The Morgan fingerprint density at radius 3 is 2.04 bits per heavy atom. The second kappa shape index (κ2) is 20.3. The molecule has 0 bridgehead atoms. The maximum Gasteiger partial charge on any atom is 0.490 e.